The molecule has 0 aliphatic carbocycles. The number of rotatable bonds is 6. The highest BCUT2D eigenvalue weighted by Crippen LogP contribution is 2.08. The zero-order valence-corrected chi connectivity index (χ0v) is 8.48. The fourth-order valence-electron chi connectivity index (χ4n) is 1.29. The maximum atomic E-state index is 11.5. The van der Waals surface area contributed by atoms with Crippen LogP contribution in [0.4, 0.5) is 0 Å². The van der Waals surface area contributed by atoms with Crippen molar-refractivity contribution in [3.8, 4) is 0 Å². The van der Waals surface area contributed by atoms with Gasteiger partial charge in [-0.1, -0.05) is 24.3 Å². The van der Waals surface area contributed by atoms with Crippen LogP contribution in [0.15, 0.2) is 24.3 Å². The molecule has 0 amide bonds. The molecule has 0 heterocycles. The molecule has 3 heteroatoms. The average molecular weight is 206 g/mol. The summed E-state index contributed by atoms with van der Waals surface area (Å²) in [4.78, 5) is 21.9. The summed E-state index contributed by atoms with van der Waals surface area (Å²) in [7, 11) is 0. The van der Waals surface area contributed by atoms with E-state index in [0.717, 1.165) is 6.29 Å². The van der Waals surface area contributed by atoms with Crippen LogP contribution in [0.5, 0.6) is 0 Å². The first kappa shape index (κ1) is 11.6. The molecule has 0 aliphatic rings. The highest BCUT2D eigenvalue weighted by molar-refractivity contribution is 5.96. The van der Waals surface area contributed by atoms with E-state index >= 15 is 0 Å². The van der Waals surface area contributed by atoms with Crippen molar-refractivity contribution in [3.05, 3.63) is 35.4 Å². The third kappa shape index (κ3) is 3.64. The van der Waals surface area contributed by atoms with Gasteiger partial charge in [0.05, 0.1) is 0 Å². The van der Waals surface area contributed by atoms with Gasteiger partial charge in [0.2, 0.25) is 0 Å². The lowest BCUT2D eigenvalue weighted by molar-refractivity contribution is 0.0976. The molecule has 0 radical (unpaired) electrons. The third-order valence-corrected chi connectivity index (χ3v) is 2.18. The Morgan fingerprint density at radius 2 is 1.87 bits per heavy atom. The van der Waals surface area contributed by atoms with E-state index in [1.54, 1.807) is 24.3 Å². The fraction of sp³-hybridized carbons (Fsp3) is 0.333. The molecule has 0 spiro atoms. The summed E-state index contributed by atoms with van der Waals surface area (Å²) < 4.78 is 0. The van der Waals surface area contributed by atoms with E-state index in [1.165, 1.54) is 0 Å². The molecule has 80 valence electrons. The first-order chi connectivity index (χ1) is 7.27. The summed E-state index contributed by atoms with van der Waals surface area (Å²) in [5, 5.41) is 8.57. The van der Waals surface area contributed by atoms with Crippen LogP contribution >= 0.6 is 0 Å². The number of carbonyl (C=O) groups is 2. The standard InChI is InChI=1S/C12H14O3/c13-8-2-1-3-12(15)11-6-4-10(9-14)5-7-11/h4-7,9,13H,1-3,8H2. The predicted molar refractivity (Wildman–Crippen MR) is 57.1 cm³/mol. The van der Waals surface area contributed by atoms with Crippen molar-refractivity contribution in [3.63, 3.8) is 0 Å². The van der Waals surface area contributed by atoms with Gasteiger partial charge in [-0.15, -0.1) is 0 Å². The third-order valence-electron chi connectivity index (χ3n) is 2.18. The average Bonchev–Trinajstić information content (AvgIpc) is 2.29. The molecular formula is C12H14O3. The van der Waals surface area contributed by atoms with Gasteiger partial charge in [-0.05, 0) is 12.8 Å². The number of benzene rings is 1. The molecule has 0 unspecified atom stereocenters. The van der Waals surface area contributed by atoms with E-state index in [4.69, 9.17) is 5.11 Å². The SMILES string of the molecule is O=Cc1ccc(C(=O)CCCCO)cc1. The monoisotopic (exact) mass is 206 g/mol. The van der Waals surface area contributed by atoms with Gasteiger partial charge < -0.3 is 5.11 Å². The number of carbonyl (C=O) groups excluding carboxylic acids is 2. The molecule has 0 atom stereocenters. The molecule has 0 aliphatic heterocycles. The smallest absolute Gasteiger partial charge is 0.162 e. The molecule has 0 fully saturated rings. The van der Waals surface area contributed by atoms with Crippen LogP contribution in [0.1, 0.15) is 40.0 Å². The summed E-state index contributed by atoms with van der Waals surface area (Å²) >= 11 is 0. The summed E-state index contributed by atoms with van der Waals surface area (Å²) in [6, 6.07) is 6.58. The molecule has 1 aromatic rings. The summed E-state index contributed by atoms with van der Waals surface area (Å²) in [5.41, 5.74) is 1.19. The van der Waals surface area contributed by atoms with Crippen LogP contribution in [0.25, 0.3) is 0 Å². The number of ketones is 1. The Balaban J connectivity index is 2.54. The number of aliphatic hydroxyl groups is 1. The second-order valence-corrected chi connectivity index (χ2v) is 3.34. The van der Waals surface area contributed by atoms with Crippen molar-refractivity contribution in [1.29, 1.82) is 0 Å². The Kier molecular flexibility index (Phi) is 4.71. The fourth-order valence-corrected chi connectivity index (χ4v) is 1.29. The molecule has 15 heavy (non-hydrogen) atoms. The first-order valence-corrected chi connectivity index (χ1v) is 4.97. The minimum atomic E-state index is 0.0564. The normalized spacial score (nSPS) is 9.93. The largest absolute Gasteiger partial charge is 0.396 e. The maximum Gasteiger partial charge on any atom is 0.162 e. The van der Waals surface area contributed by atoms with Crippen LogP contribution in [0, 0.1) is 0 Å². The van der Waals surface area contributed by atoms with Gasteiger partial charge in [0.1, 0.15) is 6.29 Å². The Hall–Kier alpha value is -1.48. The van der Waals surface area contributed by atoms with E-state index in [-0.39, 0.29) is 12.4 Å². The Morgan fingerprint density at radius 1 is 1.20 bits per heavy atom. The highest BCUT2D eigenvalue weighted by Gasteiger charge is 2.04. The van der Waals surface area contributed by atoms with Crippen molar-refractivity contribution in [2.75, 3.05) is 6.61 Å². The Morgan fingerprint density at radius 3 is 2.40 bits per heavy atom. The van der Waals surface area contributed by atoms with Gasteiger partial charge in [-0.25, -0.2) is 0 Å². The number of aldehydes is 1. The van der Waals surface area contributed by atoms with Gasteiger partial charge in [-0.2, -0.15) is 0 Å². The lowest BCUT2D eigenvalue weighted by Crippen LogP contribution is -1.99. The van der Waals surface area contributed by atoms with Crippen molar-refractivity contribution in [2.45, 2.75) is 19.3 Å². The van der Waals surface area contributed by atoms with E-state index in [2.05, 4.69) is 0 Å². The van der Waals surface area contributed by atoms with Gasteiger partial charge >= 0.3 is 0 Å². The summed E-state index contributed by atoms with van der Waals surface area (Å²) in [6.07, 6.45) is 2.55. The zero-order chi connectivity index (χ0) is 11.1. The van der Waals surface area contributed by atoms with Gasteiger partial charge in [0, 0.05) is 24.2 Å². The number of Topliss-reactive ketones (excluding diaryl/α,β-unsaturated/α-hetero) is 1. The Labute approximate surface area is 88.7 Å². The minimum Gasteiger partial charge on any atom is -0.396 e. The van der Waals surface area contributed by atoms with Crippen molar-refractivity contribution in [1.82, 2.24) is 0 Å². The first-order valence-electron chi connectivity index (χ1n) is 4.97. The zero-order valence-electron chi connectivity index (χ0n) is 8.48. The summed E-state index contributed by atoms with van der Waals surface area (Å²) in [6.45, 7) is 0.122. The quantitative estimate of drug-likeness (QED) is 0.439. The molecular weight excluding hydrogens is 192 g/mol. The van der Waals surface area contributed by atoms with E-state index in [0.29, 0.717) is 30.4 Å². The van der Waals surface area contributed by atoms with E-state index in [1.807, 2.05) is 0 Å². The van der Waals surface area contributed by atoms with E-state index in [9.17, 15) is 9.59 Å². The highest BCUT2D eigenvalue weighted by atomic mass is 16.2. The minimum absolute atomic E-state index is 0.0564. The molecule has 0 saturated heterocycles. The molecule has 1 aromatic carbocycles. The van der Waals surface area contributed by atoms with Crippen LogP contribution in [0.2, 0.25) is 0 Å². The second-order valence-electron chi connectivity index (χ2n) is 3.34. The maximum absolute atomic E-state index is 11.5. The van der Waals surface area contributed by atoms with Gasteiger partial charge in [0.25, 0.3) is 0 Å². The molecule has 1 rings (SSSR count). The second kappa shape index (κ2) is 6.09. The summed E-state index contributed by atoms with van der Waals surface area (Å²) in [5.74, 6) is 0.0564. The number of hydrogen-bond acceptors (Lipinski definition) is 3. The number of unbranched alkanes of at least 4 members (excludes halogenated alkanes) is 1. The molecule has 0 saturated carbocycles. The molecule has 0 aromatic heterocycles. The lowest BCUT2D eigenvalue weighted by atomic mass is 10.0. The van der Waals surface area contributed by atoms with Gasteiger partial charge in [-0.3, -0.25) is 9.59 Å². The van der Waals surface area contributed by atoms with Gasteiger partial charge in [0.15, 0.2) is 5.78 Å². The lowest BCUT2D eigenvalue weighted by Gasteiger charge is -2.00. The van der Waals surface area contributed by atoms with Crippen LogP contribution in [-0.4, -0.2) is 23.8 Å². The molecule has 1 N–H and O–H groups in total. The van der Waals surface area contributed by atoms with Crippen LogP contribution in [0.3, 0.4) is 0 Å². The predicted octanol–water partition coefficient (Wildman–Crippen LogP) is 1.84. The van der Waals surface area contributed by atoms with Crippen molar-refractivity contribution >= 4 is 12.1 Å². The Bertz CT molecular complexity index is 327. The van der Waals surface area contributed by atoms with Crippen LogP contribution < -0.4 is 0 Å². The van der Waals surface area contributed by atoms with Crippen molar-refractivity contribution < 1.29 is 14.7 Å². The van der Waals surface area contributed by atoms with Crippen LogP contribution in [-0.2, 0) is 0 Å². The topological polar surface area (TPSA) is 54.4 Å². The number of aliphatic hydroxyl groups excluding tert-OH is 1. The van der Waals surface area contributed by atoms with Crippen molar-refractivity contribution in [2.24, 2.45) is 0 Å². The van der Waals surface area contributed by atoms with E-state index < -0.39 is 0 Å². The molecule has 0 bridgehead atoms. The molecule has 3 nitrogen and oxygen atoms in total. The number of hydrogen-bond donors (Lipinski definition) is 1.